The number of primary amides is 1. The van der Waals surface area contributed by atoms with E-state index < -0.39 is 6.09 Å². The van der Waals surface area contributed by atoms with Crippen LogP contribution in [0.2, 0.25) is 0 Å². The fourth-order valence-electron chi connectivity index (χ4n) is 0.693. The second kappa shape index (κ2) is 7.35. The lowest BCUT2D eigenvalue weighted by molar-refractivity contribution is -0.121. The van der Waals surface area contributed by atoms with Crippen molar-refractivity contribution in [2.45, 2.75) is 12.8 Å². The first-order chi connectivity index (χ1) is 6.16. The molecule has 0 aromatic heterocycles. The Hall–Kier alpha value is -1.30. The molecular formula is C7H15N3O3. The Kier molecular flexibility index (Phi) is 6.62. The zero-order chi connectivity index (χ0) is 10.1. The molecule has 5 N–H and O–H groups in total. The first-order valence-corrected chi connectivity index (χ1v) is 4.06. The molecule has 0 heterocycles. The third kappa shape index (κ3) is 8.61. The van der Waals surface area contributed by atoms with Crippen molar-refractivity contribution in [2.24, 2.45) is 11.5 Å². The molecule has 0 aliphatic carbocycles. The van der Waals surface area contributed by atoms with Gasteiger partial charge in [0.25, 0.3) is 0 Å². The third-order valence-corrected chi connectivity index (χ3v) is 1.28. The van der Waals surface area contributed by atoms with Gasteiger partial charge in [0.05, 0.1) is 6.54 Å². The van der Waals surface area contributed by atoms with Gasteiger partial charge in [-0.1, -0.05) is 0 Å². The second-order valence-corrected chi connectivity index (χ2v) is 2.41. The van der Waals surface area contributed by atoms with Gasteiger partial charge in [0.2, 0.25) is 5.91 Å². The molecule has 6 nitrogen and oxygen atoms in total. The molecule has 0 radical (unpaired) electrons. The van der Waals surface area contributed by atoms with Crippen LogP contribution in [0.1, 0.15) is 12.8 Å². The molecule has 0 atom stereocenters. The van der Waals surface area contributed by atoms with Gasteiger partial charge in [0.15, 0.2) is 0 Å². The number of ether oxygens (including phenoxy) is 1. The van der Waals surface area contributed by atoms with E-state index in [4.69, 9.17) is 11.5 Å². The van der Waals surface area contributed by atoms with Crippen LogP contribution in [0.4, 0.5) is 4.79 Å². The quantitative estimate of drug-likeness (QED) is 0.463. The lowest BCUT2D eigenvalue weighted by Crippen LogP contribution is -2.29. The number of nitrogens with one attached hydrogen (secondary N) is 1. The Morgan fingerprint density at radius 1 is 1.38 bits per heavy atom. The Balaban J connectivity index is 3.22. The summed E-state index contributed by atoms with van der Waals surface area (Å²) in [7, 11) is 0. The summed E-state index contributed by atoms with van der Waals surface area (Å²) in [5.41, 5.74) is 9.90. The first kappa shape index (κ1) is 11.7. The highest BCUT2D eigenvalue weighted by Crippen LogP contribution is 1.84. The molecule has 76 valence electrons. The molecule has 0 saturated carbocycles. The molecule has 0 unspecified atom stereocenters. The van der Waals surface area contributed by atoms with E-state index in [0.29, 0.717) is 19.4 Å². The minimum Gasteiger partial charge on any atom is -0.448 e. The molecule has 13 heavy (non-hydrogen) atoms. The van der Waals surface area contributed by atoms with Crippen LogP contribution in [0.15, 0.2) is 0 Å². The van der Waals surface area contributed by atoms with Crippen LogP contribution in [-0.4, -0.2) is 31.7 Å². The van der Waals surface area contributed by atoms with Crippen molar-refractivity contribution in [3.8, 4) is 0 Å². The maximum absolute atomic E-state index is 10.9. The van der Waals surface area contributed by atoms with Gasteiger partial charge in [0.1, 0.15) is 6.61 Å². The van der Waals surface area contributed by atoms with E-state index in [-0.39, 0.29) is 19.1 Å². The van der Waals surface area contributed by atoms with E-state index in [0.717, 1.165) is 0 Å². The summed E-state index contributed by atoms with van der Waals surface area (Å²) in [5, 5.41) is 2.55. The number of nitrogens with two attached hydrogens (primary N) is 2. The van der Waals surface area contributed by atoms with Crippen LogP contribution in [0, 0.1) is 0 Å². The van der Waals surface area contributed by atoms with E-state index in [9.17, 15) is 9.59 Å². The van der Waals surface area contributed by atoms with E-state index in [1.165, 1.54) is 0 Å². The number of carbonyl (C=O) groups is 2. The highest BCUT2D eigenvalue weighted by molar-refractivity contribution is 5.75. The smallest absolute Gasteiger partial charge is 0.404 e. The monoisotopic (exact) mass is 189 g/mol. The summed E-state index contributed by atoms with van der Waals surface area (Å²) in [5.74, 6) is -0.0986. The number of amides is 2. The largest absolute Gasteiger partial charge is 0.448 e. The maximum Gasteiger partial charge on any atom is 0.404 e. The first-order valence-electron chi connectivity index (χ1n) is 4.06. The van der Waals surface area contributed by atoms with Crippen molar-refractivity contribution in [1.82, 2.24) is 5.32 Å². The van der Waals surface area contributed by atoms with Gasteiger partial charge in [-0.3, -0.25) is 4.79 Å². The van der Waals surface area contributed by atoms with E-state index in [1.54, 1.807) is 0 Å². The zero-order valence-corrected chi connectivity index (χ0v) is 7.41. The van der Waals surface area contributed by atoms with Gasteiger partial charge in [0, 0.05) is 6.42 Å². The van der Waals surface area contributed by atoms with Crippen molar-refractivity contribution in [1.29, 1.82) is 0 Å². The summed E-state index contributed by atoms with van der Waals surface area (Å²) in [6.07, 6.45) is 0.214. The van der Waals surface area contributed by atoms with Crippen LogP contribution in [0.5, 0.6) is 0 Å². The van der Waals surface area contributed by atoms with Crippen molar-refractivity contribution >= 4 is 12.0 Å². The Bertz CT molecular complexity index is 172. The highest BCUT2D eigenvalue weighted by Gasteiger charge is 1.99. The van der Waals surface area contributed by atoms with Crippen molar-refractivity contribution in [2.75, 3.05) is 19.7 Å². The van der Waals surface area contributed by atoms with Gasteiger partial charge >= 0.3 is 6.09 Å². The van der Waals surface area contributed by atoms with Gasteiger partial charge in [-0.25, -0.2) is 4.79 Å². The molecular weight excluding hydrogens is 174 g/mol. The average Bonchev–Trinajstić information content (AvgIpc) is 2.08. The third-order valence-electron chi connectivity index (χ3n) is 1.28. The predicted octanol–water partition coefficient (Wildman–Crippen LogP) is -1.06. The standard InChI is InChI=1S/C7H15N3O3/c8-3-1-2-6(11)10-4-5-13-7(9)12/h1-5,8H2,(H2,9,12)(H,10,11). The molecule has 0 aliphatic rings. The Labute approximate surface area is 76.6 Å². The van der Waals surface area contributed by atoms with Gasteiger partial charge in [-0.2, -0.15) is 0 Å². The van der Waals surface area contributed by atoms with E-state index >= 15 is 0 Å². The minimum atomic E-state index is -0.837. The Morgan fingerprint density at radius 2 is 2.08 bits per heavy atom. The fraction of sp³-hybridized carbons (Fsp3) is 0.714. The average molecular weight is 189 g/mol. The van der Waals surface area contributed by atoms with Crippen molar-refractivity contribution in [3.05, 3.63) is 0 Å². The molecule has 0 fully saturated rings. The summed E-state index contributed by atoms with van der Waals surface area (Å²) in [6.45, 7) is 0.876. The maximum atomic E-state index is 10.9. The van der Waals surface area contributed by atoms with Crippen LogP contribution in [0.3, 0.4) is 0 Å². The van der Waals surface area contributed by atoms with Crippen LogP contribution >= 0.6 is 0 Å². The molecule has 0 saturated heterocycles. The summed E-state index contributed by atoms with van der Waals surface area (Å²) in [4.78, 5) is 21.0. The fourth-order valence-corrected chi connectivity index (χ4v) is 0.693. The normalized spacial score (nSPS) is 9.31. The molecule has 2 amide bonds. The van der Waals surface area contributed by atoms with E-state index in [2.05, 4.69) is 10.1 Å². The van der Waals surface area contributed by atoms with Crippen molar-refractivity contribution in [3.63, 3.8) is 0 Å². The molecule has 0 aliphatic heterocycles. The Morgan fingerprint density at radius 3 is 2.62 bits per heavy atom. The number of hydrogen-bond acceptors (Lipinski definition) is 4. The molecule has 0 aromatic rings. The topological polar surface area (TPSA) is 107 Å². The molecule has 0 spiro atoms. The van der Waals surface area contributed by atoms with Gasteiger partial charge < -0.3 is 21.5 Å². The second-order valence-electron chi connectivity index (χ2n) is 2.41. The predicted molar refractivity (Wildman–Crippen MR) is 46.8 cm³/mol. The van der Waals surface area contributed by atoms with Gasteiger partial charge in [-0.15, -0.1) is 0 Å². The van der Waals surface area contributed by atoms with Crippen LogP contribution < -0.4 is 16.8 Å². The molecule has 0 aromatic carbocycles. The number of rotatable bonds is 6. The SMILES string of the molecule is NCCCC(=O)NCCOC(N)=O. The number of hydrogen-bond donors (Lipinski definition) is 3. The summed E-state index contributed by atoms with van der Waals surface area (Å²) < 4.78 is 4.40. The molecule has 0 bridgehead atoms. The lowest BCUT2D eigenvalue weighted by Gasteiger charge is -2.03. The van der Waals surface area contributed by atoms with Crippen LogP contribution in [0.25, 0.3) is 0 Å². The highest BCUT2D eigenvalue weighted by atomic mass is 16.5. The molecule has 0 rings (SSSR count). The van der Waals surface area contributed by atoms with Crippen molar-refractivity contribution < 1.29 is 14.3 Å². The number of carbonyl (C=O) groups excluding carboxylic acids is 2. The lowest BCUT2D eigenvalue weighted by atomic mass is 10.3. The van der Waals surface area contributed by atoms with Crippen LogP contribution in [-0.2, 0) is 9.53 Å². The molecule has 6 heteroatoms. The minimum absolute atomic E-state index is 0.0986. The summed E-state index contributed by atoms with van der Waals surface area (Å²) >= 11 is 0. The summed E-state index contributed by atoms with van der Waals surface area (Å²) in [6, 6.07) is 0. The zero-order valence-electron chi connectivity index (χ0n) is 7.41. The van der Waals surface area contributed by atoms with Gasteiger partial charge in [-0.05, 0) is 13.0 Å². The van der Waals surface area contributed by atoms with E-state index in [1.807, 2.05) is 0 Å².